The zero-order valence-corrected chi connectivity index (χ0v) is 16.7. The average molecular weight is 417 g/mol. The van der Waals surface area contributed by atoms with Gasteiger partial charge in [-0.2, -0.15) is 0 Å². The normalized spacial score (nSPS) is 16.6. The smallest absolute Gasteiger partial charge is 0.410 e. The van der Waals surface area contributed by atoms with Gasteiger partial charge in [0.25, 0.3) is 0 Å². The molecule has 8 heteroatoms. The highest BCUT2D eigenvalue weighted by Gasteiger charge is 2.31. The summed E-state index contributed by atoms with van der Waals surface area (Å²) in [5, 5.41) is 0. The molecule has 3 rings (SSSR count). The first kappa shape index (κ1) is 20.9. The number of ether oxygens (including phenoxy) is 2. The van der Waals surface area contributed by atoms with Crippen molar-refractivity contribution in [1.82, 2.24) is 4.90 Å². The summed E-state index contributed by atoms with van der Waals surface area (Å²) >= 11 is 0. The Labute approximate surface area is 170 Å². The Morgan fingerprint density at radius 1 is 0.897 bits per heavy atom. The Morgan fingerprint density at radius 3 is 2.03 bits per heavy atom. The number of benzene rings is 2. The molecule has 0 radical (unpaired) electrons. The lowest BCUT2D eigenvalue weighted by Crippen LogP contribution is -2.46. The van der Waals surface area contributed by atoms with Crippen LogP contribution < -0.4 is 0 Å². The van der Waals surface area contributed by atoms with E-state index in [0.29, 0.717) is 0 Å². The minimum atomic E-state index is -3.12. The lowest BCUT2D eigenvalue weighted by atomic mass is 10.1. The number of nitrogens with zero attached hydrogens (tertiary/aromatic N) is 1. The van der Waals surface area contributed by atoms with Crippen molar-refractivity contribution in [3.63, 3.8) is 0 Å². The van der Waals surface area contributed by atoms with Crippen LogP contribution in [-0.2, 0) is 37.1 Å². The summed E-state index contributed by atoms with van der Waals surface area (Å²) in [6.45, 7) is 0.182. The molecular weight excluding hydrogens is 394 g/mol. The molecule has 154 valence electrons. The average Bonchev–Trinajstić information content (AvgIpc) is 2.73. The van der Waals surface area contributed by atoms with Gasteiger partial charge in [-0.05, 0) is 11.1 Å². The van der Waals surface area contributed by atoms with E-state index in [0.717, 1.165) is 11.1 Å². The third-order valence-electron chi connectivity index (χ3n) is 4.60. The van der Waals surface area contributed by atoms with Crippen molar-refractivity contribution in [2.24, 2.45) is 0 Å². The Morgan fingerprint density at radius 2 is 1.45 bits per heavy atom. The maximum Gasteiger partial charge on any atom is 0.410 e. The van der Waals surface area contributed by atoms with Crippen molar-refractivity contribution in [3.05, 3.63) is 71.8 Å². The Balaban J connectivity index is 1.65. The molecule has 2 aromatic carbocycles. The van der Waals surface area contributed by atoms with E-state index in [1.54, 1.807) is 0 Å². The van der Waals surface area contributed by atoms with Crippen molar-refractivity contribution in [2.75, 3.05) is 24.6 Å². The largest absolute Gasteiger partial charge is 0.458 e. The van der Waals surface area contributed by atoms with Crippen LogP contribution in [0, 0.1) is 0 Å². The predicted octanol–water partition coefficient (Wildman–Crippen LogP) is 2.21. The van der Waals surface area contributed by atoms with Gasteiger partial charge in [-0.15, -0.1) is 0 Å². The fraction of sp³-hybridized carbons (Fsp3) is 0.333. The quantitative estimate of drug-likeness (QED) is 0.670. The fourth-order valence-corrected chi connectivity index (χ4v) is 4.12. The lowest BCUT2D eigenvalue weighted by molar-refractivity contribution is -0.155. The van der Waals surface area contributed by atoms with Crippen LogP contribution in [0.2, 0.25) is 0 Å². The second kappa shape index (κ2) is 9.56. The maximum absolute atomic E-state index is 12.6. The van der Waals surface area contributed by atoms with Crippen molar-refractivity contribution in [3.8, 4) is 0 Å². The molecule has 0 spiro atoms. The molecule has 1 atom stereocenters. The van der Waals surface area contributed by atoms with Crippen molar-refractivity contribution in [2.45, 2.75) is 19.1 Å². The third-order valence-corrected chi connectivity index (χ3v) is 6.21. The van der Waals surface area contributed by atoms with Gasteiger partial charge in [0, 0.05) is 19.5 Å². The Hall–Kier alpha value is -2.87. The van der Waals surface area contributed by atoms with E-state index < -0.39 is 28.0 Å². The van der Waals surface area contributed by atoms with E-state index in [1.807, 2.05) is 60.7 Å². The second-order valence-electron chi connectivity index (χ2n) is 6.79. The molecule has 1 fully saturated rings. The van der Waals surface area contributed by atoms with Crippen LogP contribution in [-0.4, -0.2) is 56.1 Å². The number of esters is 1. The highest BCUT2D eigenvalue weighted by atomic mass is 32.2. The summed E-state index contributed by atoms with van der Waals surface area (Å²) < 4.78 is 33.9. The van der Waals surface area contributed by atoms with Gasteiger partial charge in [-0.1, -0.05) is 60.7 Å². The van der Waals surface area contributed by atoms with E-state index in [4.69, 9.17) is 9.47 Å². The van der Waals surface area contributed by atoms with Gasteiger partial charge in [0.15, 0.2) is 9.84 Å². The molecule has 1 heterocycles. The summed E-state index contributed by atoms with van der Waals surface area (Å²) in [4.78, 5) is 26.4. The predicted molar refractivity (Wildman–Crippen MR) is 107 cm³/mol. The second-order valence-corrected chi connectivity index (χ2v) is 9.10. The van der Waals surface area contributed by atoms with E-state index in [2.05, 4.69) is 0 Å². The van der Waals surface area contributed by atoms with E-state index in [9.17, 15) is 18.0 Å². The number of sulfone groups is 1. The van der Waals surface area contributed by atoms with Crippen molar-refractivity contribution in [1.29, 1.82) is 0 Å². The zero-order chi connectivity index (χ0) is 20.7. The van der Waals surface area contributed by atoms with E-state index in [-0.39, 0.29) is 37.6 Å². The maximum atomic E-state index is 12.6. The molecule has 0 saturated carbocycles. The minimum absolute atomic E-state index is 0.0539. The molecule has 2 aromatic rings. The molecule has 1 aliphatic rings. The molecule has 1 unspecified atom stereocenters. The molecular formula is C21H23NO6S. The molecule has 29 heavy (non-hydrogen) atoms. The van der Waals surface area contributed by atoms with Gasteiger partial charge in [-0.3, -0.25) is 0 Å². The van der Waals surface area contributed by atoms with Crippen LogP contribution in [0.1, 0.15) is 11.1 Å². The minimum Gasteiger partial charge on any atom is -0.458 e. The molecule has 7 nitrogen and oxygen atoms in total. The van der Waals surface area contributed by atoms with Crippen LogP contribution in [0.4, 0.5) is 4.79 Å². The molecule has 1 saturated heterocycles. The number of hydrogen-bond donors (Lipinski definition) is 0. The molecule has 0 aromatic heterocycles. The monoisotopic (exact) mass is 417 g/mol. The standard InChI is InChI=1S/C21H23NO6S/c23-20(27-16-18-9-5-2-6-10-18)19(15-17-7-3-1-4-8-17)28-21(24)22-11-13-29(25,26)14-12-22/h1-10,19H,11-16H2. The highest BCUT2D eigenvalue weighted by molar-refractivity contribution is 7.91. The van der Waals surface area contributed by atoms with Crippen molar-refractivity contribution < 1.29 is 27.5 Å². The first-order chi connectivity index (χ1) is 13.9. The number of rotatable bonds is 6. The highest BCUT2D eigenvalue weighted by Crippen LogP contribution is 2.13. The molecule has 1 aliphatic heterocycles. The van der Waals surface area contributed by atoms with Crippen LogP contribution in [0.5, 0.6) is 0 Å². The molecule has 0 bridgehead atoms. The number of hydrogen-bond acceptors (Lipinski definition) is 6. The zero-order valence-electron chi connectivity index (χ0n) is 15.9. The SMILES string of the molecule is O=C(OCc1ccccc1)C(Cc1ccccc1)OC(=O)N1CCS(=O)(=O)CC1. The van der Waals surface area contributed by atoms with Gasteiger partial charge >= 0.3 is 12.1 Å². The van der Waals surface area contributed by atoms with E-state index >= 15 is 0 Å². The third kappa shape index (κ3) is 6.32. The van der Waals surface area contributed by atoms with Gasteiger partial charge in [-0.25, -0.2) is 18.0 Å². The molecule has 0 aliphatic carbocycles. The fourth-order valence-electron chi connectivity index (χ4n) is 2.91. The number of carbonyl (C=O) groups is 2. The number of carbonyl (C=O) groups excluding carboxylic acids is 2. The summed E-state index contributed by atoms with van der Waals surface area (Å²) in [5.74, 6) is -0.857. The lowest BCUT2D eigenvalue weighted by Gasteiger charge is -2.27. The van der Waals surface area contributed by atoms with E-state index in [1.165, 1.54) is 4.90 Å². The van der Waals surface area contributed by atoms with Gasteiger partial charge in [0.2, 0.25) is 6.10 Å². The van der Waals surface area contributed by atoms with Crippen LogP contribution in [0.15, 0.2) is 60.7 Å². The van der Waals surface area contributed by atoms with Crippen LogP contribution in [0.25, 0.3) is 0 Å². The summed E-state index contributed by atoms with van der Waals surface area (Å²) in [5.41, 5.74) is 1.65. The topological polar surface area (TPSA) is 90.0 Å². The van der Waals surface area contributed by atoms with Crippen molar-refractivity contribution >= 4 is 21.9 Å². The number of amides is 1. The summed E-state index contributed by atoms with van der Waals surface area (Å²) in [7, 11) is -3.12. The Bertz CT molecular complexity index is 916. The van der Waals surface area contributed by atoms with Crippen LogP contribution in [0.3, 0.4) is 0 Å². The Kier molecular flexibility index (Phi) is 6.87. The van der Waals surface area contributed by atoms with Gasteiger partial charge < -0.3 is 14.4 Å². The first-order valence-electron chi connectivity index (χ1n) is 9.33. The van der Waals surface area contributed by atoms with Gasteiger partial charge in [0.05, 0.1) is 11.5 Å². The van der Waals surface area contributed by atoms with Gasteiger partial charge in [0.1, 0.15) is 6.61 Å². The molecule has 0 N–H and O–H groups in total. The molecule has 1 amide bonds. The van der Waals surface area contributed by atoms with Crippen LogP contribution >= 0.6 is 0 Å². The first-order valence-corrected chi connectivity index (χ1v) is 11.2. The summed E-state index contributed by atoms with van der Waals surface area (Å²) in [6.07, 6.45) is -1.66. The summed E-state index contributed by atoms with van der Waals surface area (Å²) in [6, 6.07) is 18.4.